The summed E-state index contributed by atoms with van der Waals surface area (Å²) >= 11 is 0. The van der Waals surface area contributed by atoms with Crippen LogP contribution in [0.2, 0.25) is 0 Å². The van der Waals surface area contributed by atoms with Gasteiger partial charge in [0.05, 0.1) is 12.5 Å². The fourth-order valence-electron chi connectivity index (χ4n) is 2.56. The molecule has 1 aliphatic rings. The van der Waals surface area contributed by atoms with Crippen molar-refractivity contribution < 1.29 is 19.2 Å². The lowest BCUT2D eigenvalue weighted by Gasteiger charge is -2.19. The fraction of sp³-hybridized carbons (Fsp3) is 0.615. The Morgan fingerprint density at radius 3 is 2.68 bits per heavy atom. The number of hydrogen-bond donors (Lipinski definition) is 1. The first-order valence-corrected chi connectivity index (χ1v) is 6.37. The lowest BCUT2D eigenvalue weighted by molar-refractivity contribution is -0.141. The Bertz CT molecular complexity index is 483. The SMILES string of the molecule is Cc1cc(CN(C)C(=O)[C@@H]2CC[C@H](C(=O)O)C2)no1. The summed E-state index contributed by atoms with van der Waals surface area (Å²) in [4.78, 5) is 24.7. The largest absolute Gasteiger partial charge is 0.481 e. The molecule has 1 heterocycles. The lowest BCUT2D eigenvalue weighted by Crippen LogP contribution is -2.31. The van der Waals surface area contributed by atoms with Crippen molar-refractivity contribution >= 4 is 11.9 Å². The number of carboxylic acids is 1. The van der Waals surface area contributed by atoms with Crippen LogP contribution in [0, 0.1) is 18.8 Å². The highest BCUT2D eigenvalue weighted by atomic mass is 16.5. The number of nitrogens with zero attached hydrogens (tertiary/aromatic N) is 2. The van der Waals surface area contributed by atoms with E-state index in [9.17, 15) is 9.59 Å². The molecule has 1 N–H and O–H groups in total. The molecule has 104 valence electrons. The monoisotopic (exact) mass is 266 g/mol. The Hall–Kier alpha value is -1.85. The molecule has 0 aromatic carbocycles. The molecule has 19 heavy (non-hydrogen) atoms. The van der Waals surface area contributed by atoms with Crippen LogP contribution in [0.25, 0.3) is 0 Å². The summed E-state index contributed by atoms with van der Waals surface area (Å²) in [7, 11) is 1.71. The van der Waals surface area contributed by atoms with Gasteiger partial charge in [-0.2, -0.15) is 0 Å². The molecule has 1 aromatic rings. The zero-order valence-corrected chi connectivity index (χ0v) is 11.1. The van der Waals surface area contributed by atoms with Gasteiger partial charge in [0.15, 0.2) is 0 Å². The van der Waals surface area contributed by atoms with Gasteiger partial charge in [-0.3, -0.25) is 9.59 Å². The molecule has 1 fully saturated rings. The number of aliphatic carboxylic acids is 1. The quantitative estimate of drug-likeness (QED) is 0.891. The molecule has 6 nitrogen and oxygen atoms in total. The van der Waals surface area contributed by atoms with E-state index in [1.54, 1.807) is 24.9 Å². The van der Waals surface area contributed by atoms with Crippen LogP contribution < -0.4 is 0 Å². The van der Waals surface area contributed by atoms with E-state index >= 15 is 0 Å². The Labute approximate surface area is 111 Å². The molecule has 0 radical (unpaired) electrons. The molecule has 1 aromatic heterocycles. The molecule has 0 saturated heterocycles. The van der Waals surface area contributed by atoms with Gasteiger partial charge in [-0.1, -0.05) is 5.16 Å². The highest BCUT2D eigenvalue weighted by Crippen LogP contribution is 2.32. The van der Waals surface area contributed by atoms with Gasteiger partial charge in [0, 0.05) is 19.0 Å². The summed E-state index contributed by atoms with van der Waals surface area (Å²) in [5, 5.41) is 12.8. The summed E-state index contributed by atoms with van der Waals surface area (Å²) in [6.07, 6.45) is 1.68. The van der Waals surface area contributed by atoms with Crippen molar-refractivity contribution in [2.45, 2.75) is 32.7 Å². The minimum absolute atomic E-state index is 0.00981. The third-order valence-electron chi connectivity index (χ3n) is 3.58. The average molecular weight is 266 g/mol. The van der Waals surface area contributed by atoms with Crippen LogP contribution in [0.1, 0.15) is 30.7 Å². The zero-order chi connectivity index (χ0) is 14.0. The van der Waals surface area contributed by atoms with Gasteiger partial charge in [0.25, 0.3) is 0 Å². The number of carbonyl (C=O) groups excluding carboxylic acids is 1. The molecule has 2 rings (SSSR count). The van der Waals surface area contributed by atoms with Gasteiger partial charge < -0.3 is 14.5 Å². The van der Waals surface area contributed by atoms with Crippen molar-refractivity contribution in [3.8, 4) is 0 Å². The van der Waals surface area contributed by atoms with Crippen LogP contribution in [-0.4, -0.2) is 34.1 Å². The Morgan fingerprint density at radius 2 is 2.16 bits per heavy atom. The van der Waals surface area contributed by atoms with Gasteiger partial charge in [-0.05, 0) is 26.2 Å². The van der Waals surface area contributed by atoms with Crippen molar-refractivity contribution in [3.05, 3.63) is 17.5 Å². The van der Waals surface area contributed by atoms with E-state index in [0.29, 0.717) is 37.3 Å². The van der Waals surface area contributed by atoms with E-state index in [0.717, 1.165) is 0 Å². The molecule has 0 unspecified atom stereocenters. The van der Waals surface area contributed by atoms with Crippen LogP contribution in [0.4, 0.5) is 0 Å². The van der Waals surface area contributed by atoms with Crippen LogP contribution in [-0.2, 0) is 16.1 Å². The van der Waals surface area contributed by atoms with E-state index in [-0.39, 0.29) is 17.7 Å². The maximum atomic E-state index is 12.2. The number of aryl methyl sites for hydroxylation is 1. The van der Waals surface area contributed by atoms with Crippen molar-refractivity contribution in [2.75, 3.05) is 7.05 Å². The summed E-state index contributed by atoms with van der Waals surface area (Å²) in [6.45, 7) is 2.19. The van der Waals surface area contributed by atoms with E-state index in [2.05, 4.69) is 5.16 Å². The first-order valence-electron chi connectivity index (χ1n) is 6.37. The molecule has 0 spiro atoms. The predicted octanol–water partition coefficient (Wildman–Crippen LogP) is 1.44. The van der Waals surface area contributed by atoms with Gasteiger partial charge in [-0.25, -0.2) is 0 Å². The molecule has 1 aliphatic carbocycles. The third kappa shape index (κ3) is 3.13. The minimum atomic E-state index is -0.801. The second-order valence-corrected chi connectivity index (χ2v) is 5.17. The van der Waals surface area contributed by atoms with Gasteiger partial charge in [-0.15, -0.1) is 0 Å². The Kier molecular flexibility index (Phi) is 3.87. The van der Waals surface area contributed by atoms with Crippen molar-refractivity contribution in [1.82, 2.24) is 10.1 Å². The Morgan fingerprint density at radius 1 is 1.47 bits per heavy atom. The molecular formula is C13H18N2O4. The minimum Gasteiger partial charge on any atom is -0.481 e. The molecule has 2 atom stereocenters. The van der Waals surface area contributed by atoms with E-state index in [4.69, 9.17) is 9.63 Å². The smallest absolute Gasteiger partial charge is 0.306 e. The van der Waals surface area contributed by atoms with Crippen molar-refractivity contribution in [2.24, 2.45) is 11.8 Å². The molecule has 0 bridgehead atoms. The second kappa shape index (κ2) is 5.42. The highest BCUT2D eigenvalue weighted by Gasteiger charge is 2.35. The molecule has 6 heteroatoms. The van der Waals surface area contributed by atoms with Crippen molar-refractivity contribution in [3.63, 3.8) is 0 Å². The number of carboxylic acid groups (broad SMARTS) is 1. The zero-order valence-electron chi connectivity index (χ0n) is 11.1. The van der Waals surface area contributed by atoms with E-state index in [1.807, 2.05) is 0 Å². The van der Waals surface area contributed by atoms with Crippen LogP contribution in [0.3, 0.4) is 0 Å². The van der Waals surface area contributed by atoms with E-state index < -0.39 is 5.97 Å². The molecule has 1 amide bonds. The van der Waals surface area contributed by atoms with Crippen molar-refractivity contribution in [1.29, 1.82) is 0 Å². The Balaban J connectivity index is 1.91. The molecule has 0 aliphatic heterocycles. The van der Waals surface area contributed by atoms with Gasteiger partial charge >= 0.3 is 5.97 Å². The number of amides is 1. The number of hydrogen-bond acceptors (Lipinski definition) is 4. The van der Waals surface area contributed by atoms with Crippen LogP contribution in [0.5, 0.6) is 0 Å². The second-order valence-electron chi connectivity index (χ2n) is 5.17. The topological polar surface area (TPSA) is 83.6 Å². The normalized spacial score (nSPS) is 22.4. The summed E-state index contributed by atoms with van der Waals surface area (Å²) < 4.78 is 4.95. The van der Waals surface area contributed by atoms with E-state index in [1.165, 1.54) is 0 Å². The number of aromatic nitrogens is 1. The standard InChI is InChI=1S/C13H18N2O4/c1-8-5-11(14-19-8)7-15(2)12(16)9-3-4-10(6-9)13(17)18/h5,9-10H,3-4,6-7H2,1-2H3,(H,17,18)/t9-,10+/m1/s1. The molecule has 1 saturated carbocycles. The third-order valence-corrected chi connectivity index (χ3v) is 3.58. The van der Waals surface area contributed by atoms with Gasteiger partial charge in [0.2, 0.25) is 5.91 Å². The maximum Gasteiger partial charge on any atom is 0.306 e. The first-order chi connectivity index (χ1) is 8.97. The molecular weight excluding hydrogens is 248 g/mol. The average Bonchev–Trinajstić information content (AvgIpc) is 2.97. The van der Waals surface area contributed by atoms with Crippen LogP contribution in [0.15, 0.2) is 10.6 Å². The van der Waals surface area contributed by atoms with Gasteiger partial charge in [0.1, 0.15) is 11.5 Å². The fourth-order valence-corrected chi connectivity index (χ4v) is 2.56. The number of rotatable bonds is 4. The lowest BCUT2D eigenvalue weighted by atomic mass is 10.0. The summed E-state index contributed by atoms with van der Waals surface area (Å²) in [6, 6.07) is 1.79. The summed E-state index contributed by atoms with van der Waals surface area (Å²) in [5.74, 6) is -0.659. The predicted molar refractivity (Wildman–Crippen MR) is 66.2 cm³/mol. The summed E-state index contributed by atoms with van der Waals surface area (Å²) in [5.41, 5.74) is 0.709. The maximum absolute atomic E-state index is 12.2. The number of carbonyl (C=O) groups is 2. The van der Waals surface area contributed by atoms with Crippen LogP contribution >= 0.6 is 0 Å². The first kappa shape index (κ1) is 13.6. The highest BCUT2D eigenvalue weighted by molar-refractivity contribution is 5.80.